The number of carbonyl (C=O) groups excluding carboxylic acids is 1. The number of aromatic nitrogens is 2. The van der Waals surface area contributed by atoms with E-state index in [4.69, 9.17) is 8.83 Å². The lowest BCUT2D eigenvalue weighted by molar-refractivity contribution is -0.129. The first kappa shape index (κ1) is 23.8. The summed E-state index contributed by atoms with van der Waals surface area (Å²) in [7, 11) is -3.89. The van der Waals surface area contributed by atoms with Gasteiger partial charge in [0.25, 0.3) is 5.89 Å². The van der Waals surface area contributed by atoms with Gasteiger partial charge in [-0.3, -0.25) is 9.52 Å². The Bertz CT molecular complexity index is 1170. The Balaban J connectivity index is 1.36. The van der Waals surface area contributed by atoms with Crippen LogP contribution in [0, 0.1) is 0 Å². The molecule has 1 N–H and O–H groups in total. The maximum Gasteiger partial charge on any atom is 0.283 e. The lowest BCUT2D eigenvalue weighted by Crippen LogP contribution is -2.37. The first-order valence-electron chi connectivity index (χ1n) is 11.4. The molecule has 1 fully saturated rings. The maximum absolute atomic E-state index is 12.8. The summed E-state index contributed by atoms with van der Waals surface area (Å²) in [4.78, 5) is 16.5. The Kier molecular flexibility index (Phi) is 7.51. The van der Waals surface area contributed by atoms with Crippen LogP contribution >= 0.6 is 0 Å². The molecule has 11 heteroatoms. The van der Waals surface area contributed by atoms with E-state index in [2.05, 4.69) is 19.8 Å². The quantitative estimate of drug-likeness (QED) is 0.461. The van der Waals surface area contributed by atoms with Crippen LogP contribution in [0.4, 0.5) is 11.4 Å². The van der Waals surface area contributed by atoms with Crippen molar-refractivity contribution in [2.75, 3.05) is 35.0 Å². The summed E-state index contributed by atoms with van der Waals surface area (Å²) in [5.74, 6) is -0.402. The summed E-state index contributed by atoms with van der Waals surface area (Å²) in [5, 5.41) is 7.87. The number of hydrogen-bond acceptors (Lipinski definition) is 8. The molecule has 4 rings (SSSR count). The highest BCUT2D eigenvalue weighted by atomic mass is 32.2. The molecule has 3 aromatic rings. The highest BCUT2D eigenvalue weighted by Crippen LogP contribution is 2.23. The topological polar surface area (TPSA) is 122 Å². The van der Waals surface area contributed by atoms with Crippen LogP contribution in [0.2, 0.25) is 0 Å². The zero-order chi connectivity index (χ0) is 24.0. The van der Waals surface area contributed by atoms with Crippen LogP contribution < -0.4 is 9.62 Å². The second kappa shape index (κ2) is 10.7. The molecule has 1 aliphatic rings. The second-order valence-corrected chi connectivity index (χ2v) is 9.97. The molecule has 3 heterocycles. The number of sulfonamides is 1. The third kappa shape index (κ3) is 6.16. The van der Waals surface area contributed by atoms with Crippen molar-refractivity contribution in [1.29, 1.82) is 0 Å². The van der Waals surface area contributed by atoms with E-state index in [1.165, 1.54) is 30.4 Å². The monoisotopic (exact) mass is 487 g/mol. The average Bonchev–Trinajstić information content (AvgIpc) is 3.51. The zero-order valence-electron chi connectivity index (χ0n) is 19.1. The molecule has 0 unspecified atom stereocenters. The van der Waals surface area contributed by atoms with Gasteiger partial charge in [-0.05, 0) is 62.1 Å². The summed E-state index contributed by atoms with van der Waals surface area (Å²) < 4.78 is 38.7. The molecular weight excluding hydrogens is 458 g/mol. The number of benzene rings is 1. The number of nitrogens with zero attached hydrogens (tertiary/aromatic N) is 4. The molecule has 1 amide bonds. The normalized spacial score (nSPS) is 14.2. The Hall–Kier alpha value is -3.34. The van der Waals surface area contributed by atoms with Crippen molar-refractivity contribution < 1.29 is 22.0 Å². The van der Waals surface area contributed by atoms with Gasteiger partial charge in [0.05, 0.1) is 12.8 Å². The van der Waals surface area contributed by atoms with Crippen molar-refractivity contribution in [2.45, 2.75) is 39.2 Å². The molecule has 0 saturated carbocycles. The molecule has 1 saturated heterocycles. The molecule has 0 atom stereocenters. The van der Waals surface area contributed by atoms with Gasteiger partial charge in [-0.1, -0.05) is 6.92 Å². The van der Waals surface area contributed by atoms with Crippen LogP contribution in [-0.2, 0) is 21.4 Å². The highest BCUT2D eigenvalue weighted by molar-refractivity contribution is 7.93. The third-order valence-corrected chi connectivity index (χ3v) is 6.72. The fourth-order valence-corrected chi connectivity index (χ4v) is 4.98. The van der Waals surface area contributed by atoms with E-state index in [0.29, 0.717) is 24.4 Å². The van der Waals surface area contributed by atoms with Gasteiger partial charge in [0.2, 0.25) is 21.8 Å². The molecule has 0 spiro atoms. The van der Waals surface area contributed by atoms with Gasteiger partial charge in [-0.25, -0.2) is 8.42 Å². The van der Waals surface area contributed by atoms with Crippen molar-refractivity contribution in [2.24, 2.45) is 0 Å². The number of anilines is 2. The van der Waals surface area contributed by atoms with E-state index in [9.17, 15) is 13.2 Å². The van der Waals surface area contributed by atoms with E-state index < -0.39 is 21.7 Å². The minimum atomic E-state index is -3.89. The molecule has 1 aromatic carbocycles. The van der Waals surface area contributed by atoms with Crippen molar-refractivity contribution >= 4 is 27.3 Å². The van der Waals surface area contributed by atoms with Crippen molar-refractivity contribution in [3.05, 3.63) is 48.6 Å². The van der Waals surface area contributed by atoms with Crippen LogP contribution in [0.25, 0.3) is 11.7 Å². The molecule has 1 aliphatic heterocycles. The van der Waals surface area contributed by atoms with Crippen LogP contribution in [0.3, 0.4) is 0 Å². The molecule has 10 nitrogen and oxygen atoms in total. The number of furan rings is 1. The highest BCUT2D eigenvalue weighted by Gasteiger charge is 2.24. The minimum absolute atomic E-state index is 0.0143. The number of nitrogens with one attached hydrogen (secondary N) is 1. The van der Waals surface area contributed by atoms with Crippen molar-refractivity contribution in [1.82, 2.24) is 15.1 Å². The Morgan fingerprint density at radius 2 is 1.88 bits per heavy atom. The number of piperidine rings is 1. The average molecular weight is 488 g/mol. The Morgan fingerprint density at radius 3 is 2.56 bits per heavy atom. The SMILES string of the molecule is CCCN(Cc1nnc(-c2ccco2)o1)C(=O)CS(=O)(=O)Nc1ccc(N2CCCCC2)cc1. The molecule has 34 heavy (non-hydrogen) atoms. The van der Waals surface area contributed by atoms with Gasteiger partial charge in [-0.2, -0.15) is 0 Å². The van der Waals surface area contributed by atoms with Gasteiger partial charge in [0.15, 0.2) is 5.76 Å². The molecular formula is C23H29N5O5S. The molecule has 2 aromatic heterocycles. The Morgan fingerprint density at radius 1 is 1.12 bits per heavy atom. The van der Waals surface area contributed by atoms with Gasteiger partial charge < -0.3 is 18.6 Å². The lowest BCUT2D eigenvalue weighted by atomic mass is 10.1. The Labute approximate surface area is 199 Å². The molecule has 0 radical (unpaired) electrons. The van der Waals surface area contributed by atoms with E-state index in [1.807, 2.05) is 19.1 Å². The number of hydrogen-bond donors (Lipinski definition) is 1. The van der Waals surface area contributed by atoms with Gasteiger partial charge >= 0.3 is 0 Å². The fraction of sp³-hybridized carbons (Fsp3) is 0.435. The van der Waals surface area contributed by atoms with Crippen LogP contribution in [0.1, 0.15) is 38.5 Å². The predicted molar refractivity (Wildman–Crippen MR) is 128 cm³/mol. The fourth-order valence-electron chi connectivity index (χ4n) is 3.90. The van der Waals surface area contributed by atoms with Crippen molar-refractivity contribution in [3.63, 3.8) is 0 Å². The molecule has 182 valence electrons. The predicted octanol–water partition coefficient (Wildman–Crippen LogP) is 3.50. The lowest BCUT2D eigenvalue weighted by Gasteiger charge is -2.28. The van der Waals surface area contributed by atoms with E-state index >= 15 is 0 Å². The summed E-state index contributed by atoms with van der Waals surface area (Å²) in [6.07, 6.45) is 5.72. The zero-order valence-corrected chi connectivity index (χ0v) is 20.0. The van der Waals surface area contributed by atoms with Gasteiger partial charge in [0, 0.05) is 31.0 Å². The number of carbonyl (C=O) groups is 1. The van der Waals surface area contributed by atoms with E-state index in [-0.39, 0.29) is 18.3 Å². The van der Waals surface area contributed by atoms with Gasteiger partial charge in [0.1, 0.15) is 5.75 Å². The summed E-state index contributed by atoms with van der Waals surface area (Å²) in [5.41, 5.74) is 1.50. The first-order valence-corrected chi connectivity index (χ1v) is 13.1. The van der Waals surface area contributed by atoms with E-state index in [0.717, 1.165) is 18.8 Å². The first-order chi connectivity index (χ1) is 16.4. The van der Waals surface area contributed by atoms with Crippen LogP contribution in [0.15, 0.2) is 51.5 Å². The van der Waals surface area contributed by atoms with E-state index in [1.54, 1.807) is 24.3 Å². The molecule has 0 bridgehead atoms. The smallest absolute Gasteiger partial charge is 0.283 e. The van der Waals surface area contributed by atoms with Gasteiger partial charge in [-0.15, -0.1) is 10.2 Å². The minimum Gasteiger partial charge on any atom is -0.459 e. The second-order valence-electron chi connectivity index (χ2n) is 8.25. The third-order valence-electron chi connectivity index (χ3n) is 5.55. The number of rotatable bonds is 10. The summed E-state index contributed by atoms with van der Waals surface area (Å²) in [6.45, 7) is 4.29. The number of amides is 1. The van der Waals surface area contributed by atoms with Crippen molar-refractivity contribution in [3.8, 4) is 11.7 Å². The molecule has 0 aliphatic carbocycles. The largest absolute Gasteiger partial charge is 0.459 e. The maximum atomic E-state index is 12.8. The van der Waals surface area contributed by atoms with Crippen LogP contribution in [0.5, 0.6) is 0 Å². The summed E-state index contributed by atoms with van der Waals surface area (Å²) in [6, 6.07) is 10.6. The summed E-state index contributed by atoms with van der Waals surface area (Å²) >= 11 is 0. The standard InChI is InChI=1S/C23H29N5O5S/c1-2-12-28(16-21-24-25-23(33-21)20-7-6-15-32-20)22(29)17-34(30,31)26-18-8-10-19(11-9-18)27-13-4-3-5-14-27/h6-11,15,26H,2-5,12-14,16-17H2,1H3. The van der Waals surface area contributed by atoms with Crippen LogP contribution in [-0.4, -0.2) is 54.8 Å².